The molecule has 0 radical (unpaired) electrons. The van der Waals surface area contributed by atoms with Crippen LogP contribution in [0, 0.1) is 0 Å². The van der Waals surface area contributed by atoms with E-state index in [0.717, 1.165) is 0 Å². The molecule has 10 heteroatoms. The maximum absolute atomic E-state index is 11.8. The first-order chi connectivity index (χ1) is 12.6. The molecule has 0 aliphatic carbocycles. The summed E-state index contributed by atoms with van der Waals surface area (Å²) < 4.78 is 31.0. The summed E-state index contributed by atoms with van der Waals surface area (Å²) >= 11 is 1.46. The predicted octanol–water partition coefficient (Wildman–Crippen LogP) is 2.90. The van der Waals surface area contributed by atoms with E-state index in [1.165, 1.54) is 11.8 Å². The van der Waals surface area contributed by atoms with E-state index in [4.69, 9.17) is 4.52 Å². The van der Waals surface area contributed by atoms with E-state index in [1.807, 2.05) is 32.3 Å². The molecule has 1 saturated heterocycles. The van der Waals surface area contributed by atoms with Gasteiger partial charge in [0.2, 0.25) is 5.89 Å². The Morgan fingerprint density at radius 3 is 2.70 bits per heavy atom. The van der Waals surface area contributed by atoms with Crippen LogP contribution in [0.4, 0.5) is 0 Å². The van der Waals surface area contributed by atoms with E-state index >= 15 is 0 Å². The van der Waals surface area contributed by atoms with Gasteiger partial charge in [0, 0.05) is 17.9 Å². The highest BCUT2D eigenvalue weighted by molar-refractivity contribution is 7.99. The largest absolute Gasteiger partial charge is 0.338 e. The monoisotopic (exact) mass is 411 g/mol. The minimum Gasteiger partial charge on any atom is -0.338 e. The van der Waals surface area contributed by atoms with Gasteiger partial charge in [-0.25, -0.2) is 8.42 Å². The topological polar surface area (TPSA) is 104 Å². The quantitative estimate of drug-likeness (QED) is 0.528. The Hall–Kier alpha value is -1.68. The van der Waals surface area contributed by atoms with Crippen molar-refractivity contribution in [1.29, 1.82) is 0 Å². The van der Waals surface area contributed by atoms with Gasteiger partial charge in [0.25, 0.3) is 0 Å². The molecular weight excluding hydrogens is 386 g/mol. The molecule has 0 unspecified atom stereocenters. The first-order valence-corrected chi connectivity index (χ1v) is 11.6. The van der Waals surface area contributed by atoms with Gasteiger partial charge in [-0.15, -0.1) is 16.8 Å². The van der Waals surface area contributed by atoms with E-state index < -0.39 is 9.84 Å². The SMILES string of the molecule is C=CCn1c(S[C@@H](C)c2nc(C(C)(C)C)no2)nnc1[C@H]1CCS(=O)(=O)C1. The number of hydrogen-bond acceptors (Lipinski definition) is 8. The highest BCUT2D eigenvalue weighted by atomic mass is 32.2. The van der Waals surface area contributed by atoms with Gasteiger partial charge in [-0.1, -0.05) is 43.8 Å². The first-order valence-electron chi connectivity index (χ1n) is 8.86. The molecule has 0 N–H and O–H groups in total. The molecule has 2 aromatic rings. The van der Waals surface area contributed by atoms with Crippen LogP contribution in [-0.4, -0.2) is 44.8 Å². The van der Waals surface area contributed by atoms with Gasteiger partial charge in [-0.2, -0.15) is 4.98 Å². The summed E-state index contributed by atoms with van der Waals surface area (Å²) in [5.74, 6) is 2.10. The van der Waals surface area contributed by atoms with E-state index in [1.54, 1.807) is 6.08 Å². The number of aromatic nitrogens is 5. The number of thioether (sulfide) groups is 1. The van der Waals surface area contributed by atoms with Crippen molar-refractivity contribution >= 4 is 21.6 Å². The lowest BCUT2D eigenvalue weighted by molar-refractivity contribution is 0.364. The summed E-state index contributed by atoms with van der Waals surface area (Å²) in [7, 11) is -2.99. The summed E-state index contributed by atoms with van der Waals surface area (Å²) in [5.41, 5.74) is -0.184. The molecule has 27 heavy (non-hydrogen) atoms. The van der Waals surface area contributed by atoms with Gasteiger partial charge in [-0.3, -0.25) is 0 Å². The van der Waals surface area contributed by atoms with Crippen LogP contribution < -0.4 is 0 Å². The molecule has 0 bridgehead atoms. The molecule has 148 valence electrons. The van der Waals surface area contributed by atoms with Crippen molar-refractivity contribution in [1.82, 2.24) is 24.9 Å². The molecule has 0 aromatic carbocycles. The maximum Gasteiger partial charge on any atom is 0.239 e. The van der Waals surface area contributed by atoms with Crippen LogP contribution in [0.5, 0.6) is 0 Å². The van der Waals surface area contributed by atoms with E-state index in [2.05, 4.69) is 26.9 Å². The molecule has 2 aromatic heterocycles. The van der Waals surface area contributed by atoms with Crippen LogP contribution >= 0.6 is 11.8 Å². The van der Waals surface area contributed by atoms with Crippen LogP contribution in [0.15, 0.2) is 22.3 Å². The first kappa shape index (κ1) is 20.1. The summed E-state index contributed by atoms with van der Waals surface area (Å²) in [6.07, 6.45) is 2.34. The maximum atomic E-state index is 11.8. The molecule has 3 heterocycles. The molecule has 0 saturated carbocycles. The molecule has 2 atom stereocenters. The Morgan fingerprint density at radius 2 is 2.15 bits per heavy atom. The zero-order chi connectivity index (χ0) is 19.8. The second kappa shape index (κ2) is 7.38. The summed E-state index contributed by atoms with van der Waals surface area (Å²) in [5, 5.41) is 13.2. The number of allylic oxidation sites excluding steroid dienone is 1. The fourth-order valence-electron chi connectivity index (χ4n) is 2.90. The summed E-state index contributed by atoms with van der Waals surface area (Å²) in [6, 6.07) is 0. The van der Waals surface area contributed by atoms with Crippen LogP contribution in [0.3, 0.4) is 0 Å². The zero-order valence-electron chi connectivity index (χ0n) is 16.0. The normalized spacial score (nSPS) is 20.7. The van der Waals surface area contributed by atoms with E-state index in [-0.39, 0.29) is 28.1 Å². The van der Waals surface area contributed by atoms with Gasteiger partial charge in [0.05, 0.1) is 16.8 Å². The number of hydrogen-bond donors (Lipinski definition) is 0. The third-order valence-corrected chi connectivity index (χ3v) is 7.23. The Labute approximate surface area is 163 Å². The Bertz CT molecular complexity index is 927. The van der Waals surface area contributed by atoms with Crippen molar-refractivity contribution in [2.45, 2.75) is 62.4 Å². The van der Waals surface area contributed by atoms with Crippen molar-refractivity contribution in [3.05, 3.63) is 30.2 Å². The number of rotatable bonds is 6. The van der Waals surface area contributed by atoms with Gasteiger partial charge in [0.15, 0.2) is 20.8 Å². The minimum absolute atomic E-state index is 0.110. The molecule has 1 aliphatic rings. The highest BCUT2D eigenvalue weighted by Crippen LogP contribution is 2.36. The standard InChI is InChI=1S/C17H25N5O3S2/c1-6-8-22-13(12-7-9-27(23,24)10-12)19-20-16(22)26-11(2)14-18-15(21-25-14)17(3,4)5/h6,11-12H,1,7-10H2,2-5H3/t11-,12-/m0/s1. The Morgan fingerprint density at radius 1 is 1.41 bits per heavy atom. The molecule has 1 fully saturated rings. The Balaban J connectivity index is 1.82. The van der Waals surface area contributed by atoms with Gasteiger partial charge >= 0.3 is 0 Å². The number of sulfone groups is 1. The Kier molecular flexibility index (Phi) is 5.49. The molecule has 0 amide bonds. The zero-order valence-corrected chi connectivity index (χ0v) is 17.7. The van der Waals surface area contributed by atoms with Crippen molar-refractivity contribution in [3.8, 4) is 0 Å². The van der Waals surface area contributed by atoms with Crippen molar-refractivity contribution in [3.63, 3.8) is 0 Å². The fourth-order valence-corrected chi connectivity index (χ4v) is 5.54. The smallest absolute Gasteiger partial charge is 0.239 e. The van der Waals surface area contributed by atoms with Crippen LogP contribution in [0.2, 0.25) is 0 Å². The summed E-state index contributed by atoms with van der Waals surface area (Å²) in [6.45, 7) is 12.4. The van der Waals surface area contributed by atoms with E-state index in [9.17, 15) is 8.42 Å². The summed E-state index contributed by atoms with van der Waals surface area (Å²) in [4.78, 5) is 4.50. The lowest BCUT2D eigenvalue weighted by Gasteiger charge is -2.13. The van der Waals surface area contributed by atoms with Gasteiger partial charge < -0.3 is 9.09 Å². The lowest BCUT2D eigenvalue weighted by Crippen LogP contribution is -2.13. The molecule has 0 spiro atoms. The number of nitrogens with zero attached hydrogens (tertiary/aromatic N) is 5. The average Bonchev–Trinajstić information content (AvgIpc) is 3.26. The van der Waals surface area contributed by atoms with E-state index in [0.29, 0.717) is 35.7 Å². The molecular formula is C17H25N5O3S2. The lowest BCUT2D eigenvalue weighted by atomic mass is 9.96. The van der Waals surface area contributed by atoms with Gasteiger partial charge in [0.1, 0.15) is 5.82 Å². The van der Waals surface area contributed by atoms with Crippen molar-refractivity contribution < 1.29 is 12.9 Å². The van der Waals surface area contributed by atoms with Crippen molar-refractivity contribution in [2.75, 3.05) is 11.5 Å². The second-order valence-electron chi connectivity index (χ2n) is 7.81. The third kappa shape index (κ3) is 4.43. The third-order valence-electron chi connectivity index (χ3n) is 4.40. The average molecular weight is 412 g/mol. The molecule has 3 rings (SSSR count). The van der Waals surface area contributed by atoms with Crippen LogP contribution in [0.25, 0.3) is 0 Å². The predicted molar refractivity (Wildman–Crippen MR) is 104 cm³/mol. The van der Waals surface area contributed by atoms with Crippen molar-refractivity contribution in [2.24, 2.45) is 0 Å². The van der Waals surface area contributed by atoms with Crippen LogP contribution in [0.1, 0.15) is 62.8 Å². The minimum atomic E-state index is -2.99. The molecule has 8 nitrogen and oxygen atoms in total. The van der Waals surface area contributed by atoms with Gasteiger partial charge in [-0.05, 0) is 13.3 Å². The van der Waals surface area contributed by atoms with Crippen LogP contribution in [-0.2, 0) is 21.8 Å². The molecule has 1 aliphatic heterocycles. The fraction of sp³-hybridized carbons (Fsp3) is 0.647. The highest BCUT2D eigenvalue weighted by Gasteiger charge is 2.33. The second-order valence-corrected chi connectivity index (χ2v) is 11.3.